The fourth-order valence-corrected chi connectivity index (χ4v) is 10.1. The monoisotopic (exact) mass is 742 g/mol. The zero-order chi connectivity index (χ0) is 37.6. The maximum absolute atomic E-state index is 6.50. The van der Waals surface area contributed by atoms with Crippen molar-refractivity contribution in [1.82, 2.24) is 19.1 Å². The maximum Gasteiger partial charge on any atom is 0.247 e. The quantitative estimate of drug-likeness (QED) is 0.177. The predicted octanol–water partition coefficient (Wildman–Crippen LogP) is 13.6. The largest absolute Gasteiger partial charge is 0.460 e. The van der Waals surface area contributed by atoms with Gasteiger partial charge < -0.3 is 13.4 Å². The molecule has 0 fully saturated rings. The lowest BCUT2D eigenvalue weighted by Gasteiger charge is -2.14. The Morgan fingerprint density at radius 1 is 0.500 bits per heavy atom. The number of para-hydroxylation sites is 4. The number of hydrogen-bond donors (Lipinski definition) is 0. The molecule has 0 bridgehead atoms. The summed E-state index contributed by atoms with van der Waals surface area (Å²) in [6, 6.07) is 52.2. The molecule has 12 aromatic rings. The van der Waals surface area contributed by atoms with Gasteiger partial charge in [-0.05, 0) is 60.0 Å². The molecule has 7 aromatic carbocycles. The van der Waals surface area contributed by atoms with Gasteiger partial charge in [0.05, 0.1) is 27.8 Å². The van der Waals surface area contributed by atoms with Crippen LogP contribution in [0.4, 0.5) is 0 Å². The van der Waals surface area contributed by atoms with E-state index in [0.717, 1.165) is 90.5 Å². The Labute approximate surface area is 330 Å². The number of fused-ring (bicyclic) bond motifs is 17. The van der Waals surface area contributed by atoms with Crippen LogP contribution < -0.4 is 0 Å². The van der Waals surface area contributed by atoms with Crippen molar-refractivity contribution >= 4 is 82.9 Å². The van der Waals surface area contributed by atoms with Crippen molar-refractivity contribution in [2.24, 2.45) is 0 Å². The van der Waals surface area contributed by atoms with Gasteiger partial charge in [-0.15, -0.1) is 0 Å². The summed E-state index contributed by atoms with van der Waals surface area (Å²) < 4.78 is 17.8. The Balaban J connectivity index is 1.15. The van der Waals surface area contributed by atoms with E-state index in [1.807, 2.05) is 18.2 Å². The SMILES string of the molecule is C1=Cc2c(oc3cccc(-c4nc5oc6ccccc6c5nc4-n4c5ccccc5c5cc6c(cc54)c4cccc5c4n6-c4ccccc4-c4ccccc4-5)c23)CC1. The van der Waals surface area contributed by atoms with Gasteiger partial charge in [-0.3, -0.25) is 4.57 Å². The molecule has 0 spiro atoms. The second-order valence-electron chi connectivity index (χ2n) is 15.5. The predicted molar refractivity (Wildman–Crippen MR) is 235 cm³/mol. The Morgan fingerprint density at radius 3 is 2.09 bits per heavy atom. The van der Waals surface area contributed by atoms with E-state index in [1.54, 1.807) is 0 Å². The summed E-state index contributed by atoms with van der Waals surface area (Å²) in [5, 5.41) is 6.67. The first-order chi connectivity index (χ1) is 28.8. The summed E-state index contributed by atoms with van der Waals surface area (Å²) in [6.07, 6.45) is 6.27. The highest BCUT2D eigenvalue weighted by Crippen LogP contribution is 2.49. The molecule has 0 radical (unpaired) electrons. The Hall–Kier alpha value is -7.70. The molecule has 0 atom stereocenters. The summed E-state index contributed by atoms with van der Waals surface area (Å²) in [6.45, 7) is 0. The lowest BCUT2D eigenvalue weighted by Crippen LogP contribution is -2.03. The Kier molecular flexibility index (Phi) is 5.78. The van der Waals surface area contributed by atoms with Crippen molar-refractivity contribution in [1.29, 1.82) is 0 Å². The molecule has 14 rings (SSSR count). The summed E-state index contributed by atoms with van der Waals surface area (Å²) in [4.78, 5) is 11.0. The summed E-state index contributed by atoms with van der Waals surface area (Å²) in [5.74, 6) is 1.76. The van der Waals surface area contributed by atoms with E-state index in [-0.39, 0.29) is 0 Å². The first-order valence-corrected chi connectivity index (χ1v) is 19.9. The van der Waals surface area contributed by atoms with Gasteiger partial charge in [-0.2, -0.15) is 0 Å². The van der Waals surface area contributed by atoms with Crippen LogP contribution in [0.25, 0.3) is 128 Å². The van der Waals surface area contributed by atoms with E-state index >= 15 is 0 Å². The zero-order valence-electron chi connectivity index (χ0n) is 31.0. The minimum atomic E-state index is 0.511. The molecule has 1 aliphatic heterocycles. The van der Waals surface area contributed by atoms with Gasteiger partial charge in [-0.25, -0.2) is 9.97 Å². The minimum Gasteiger partial charge on any atom is -0.460 e. The first-order valence-electron chi connectivity index (χ1n) is 19.9. The smallest absolute Gasteiger partial charge is 0.247 e. The standard InChI is InChI=1S/C52H30N4O2/c1-2-14-30-29(13-1)31-15-3-7-22-40(31)55-42-27-38-32-16-4-8-23-41(32)56(43(38)28-39(42)34-20-11-19-33(30)50(34)55)51-48(54-52-49(53-51)36-18-6-10-25-45(36)58-52)37-21-12-26-46-47(37)35-17-5-9-24-44(35)57-46/h1-8,10-23,25-28H,9,24H2. The summed E-state index contributed by atoms with van der Waals surface area (Å²) in [7, 11) is 0. The molecular weight excluding hydrogens is 713 g/mol. The summed E-state index contributed by atoms with van der Waals surface area (Å²) in [5.41, 5.74) is 16.3. The maximum atomic E-state index is 6.50. The van der Waals surface area contributed by atoms with Crippen molar-refractivity contribution in [2.75, 3.05) is 0 Å². The van der Waals surface area contributed by atoms with Gasteiger partial charge in [0, 0.05) is 61.0 Å². The van der Waals surface area contributed by atoms with Crippen LogP contribution in [0.5, 0.6) is 0 Å². The Bertz CT molecular complexity index is 3810. The van der Waals surface area contributed by atoms with Gasteiger partial charge in [0.1, 0.15) is 28.1 Å². The molecule has 0 N–H and O–H groups in total. The Morgan fingerprint density at radius 2 is 1.17 bits per heavy atom. The third-order valence-corrected chi connectivity index (χ3v) is 12.5. The molecule has 58 heavy (non-hydrogen) atoms. The van der Waals surface area contributed by atoms with E-state index in [9.17, 15) is 0 Å². The molecule has 6 heteroatoms. The van der Waals surface area contributed by atoms with Gasteiger partial charge in [-0.1, -0.05) is 115 Å². The zero-order valence-corrected chi connectivity index (χ0v) is 31.0. The molecule has 0 unspecified atom stereocenters. The van der Waals surface area contributed by atoms with Crippen molar-refractivity contribution < 1.29 is 8.83 Å². The molecule has 0 saturated carbocycles. The number of nitrogens with zero attached hydrogens (tertiary/aromatic N) is 4. The number of benzene rings is 7. The van der Waals surface area contributed by atoms with Crippen LogP contribution in [0.3, 0.4) is 0 Å². The second-order valence-corrected chi connectivity index (χ2v) is 15.5. The van der Waals surface area contributed by atoms with E-state index in [0.29, 0.717) is 5.71 Å². The van der Waals surface area contributed by atoms with Crippen LogP contribution in [0.2, 0.25) is 0 Å². The van der Waals surface area contributed by atoms with Crippen molar-refractivity contribution in [3.05, 3.63) is 163 Å². The van der Waals surface area contributed by atoms with Crippen LogP contribution in [0.1, 0.15) is 17.7 Å². The molecule has 270 valence electrons. The highest BCUT2D eigenvalue weighted by Gasteiger charge is 2.28. The molecule has 6 nitrogen and oxygen atoms in total. The molecule has 0 amide bonds. The van der Waals surface area contributed by atoms with Gasteiger partial charge in [0.25, 0.3) is 0 Å². The van der Waals surface area contributed by atoms with Crippen LogP contribution in [-0.4, -0.2) is 19.1 Å². The van der Waals surface area contributed by atoms with E-state index in [2.05, 4.69) is 149 Å². The fourth-order valence-electron chi connectivity index (χ4n) is 10.1. The third-order valence-electron chi connectivity index (χ3n) is 12.5. The van der Waals surface area contributed by atoms with E-state index < -0.39 is 0 Å². The van der Waals surface area contributed by atoms with Gasteiger partial charge in [0.2, 0.25) is 5.71 Å². The molecule has 0 saturated heterocycles. The number of hydrogen-bond acceptors (Lipinski definition) is 4. The number of aromatic nitrogens is 4. The lowest BCUT2D eigenvalue weighted by molar-refractivity contribution is 0.546. The summed E-state index contributed by atoms with van der Waals surface area (Å²) >= 11 is 0. The van der Waals surface area contributed by atoms with Crippen molar-refractivity contribution in [3.8, 4) is 45.0 Å². The van der Waals surface area contributed by atoms with Crippen LogP contribution in [0, 0.1) is 0 Å². The highest BCUT2D eigenvalue weighted by molar-refractivity contribution is 6.22. The number of aryl methyl sites for hydroxylation is 1. The highest BCUT2D eigenvalue weighted by atomic mass is 16.3. The van der Waals surface area contributed by atoms with Crippen LogP contribution in [-0.2, 0) is 6.42 Å². The fraction of sp³-hybridized carbons (Fsp3) is 0.0385. The average Bonchev–Trinajstić information content (AvgIpc) is 4.00. The topological polar surface area (TPSA) is 61.9 Å². The minimum absolute atomic E-state index is 0.511. The molecule has 2 aliphatic rings. The number of furan rings is 2. The second kappa shape index (κ2) is 11.0. The van der Waals surface area contributed by atoms with E-state index in [4.69, 9.17) is 18.8 Å². The molecule has 5 aromatic heterocycles. The lowest BCUT2D eigenvalue weighted by atomic mass is 9.94. The van der Waals surface area contributed by atoms with E-state index in [1.165, 1.54) is 49.7 Å². The third kappa shape index (κ3) is 3.86. The van der Waals surface area contributed by atoms with Gasteiger partial charge in [0.15, 0.2) is 5.82 Å². The van der Waals surface area contributed by atoms with Crippen LogP contribution in [0.15, 0.2) is 161 Å². The average molecular weight is 743 g/mol. The van der Waals surface area contributed by atoms with Crippen molar-refractivity contribution in [2.45, 2.75) is 12.8 Å². The van der Waals surface area contributed by atoms with Crippen molar-refractivity contribution in [3.63, 3.8) is 0 Å². The number of rotatable bonds is 2. The first kappa shape index (κ1) is 30.5. The number of allylic oxidation sites excluding steroid dienone is 1. The molecule has 6 heterocycles. The molecule has 1 aliphatic carbocycles. The molecular formula is C52H30N4O2. The van der Waals surface area contributed by atoms with Gasteiger partial charge >= 0.3 is 0 Å². The normalized spacial score (nSPS) is 13.3. The van der Waals surface area contributed by atoms with Crippen LogP contribution >= 0.6 is 0 Å².